The van der Waals surface area contributed by atoms with E-state index in [0.717, 1.165) is 19.3 Å². The number of hydrogen-bond acceptors (Lipinski definition) is 11. The molecule has 3 amide bonds. The molecule has 3 unspecified atom stereocenters. The molecule has 3 atom stereocenters. The van der Waals surface area contributed by atoms with Crippen LogP contribution in [0.2, 0.25) is 0 Å². The molecule has 0 aromatic heterocycles. The van der Waals surface area contributed by atoms with Gasteiger partial charge in [0, 0.05) is 0 Å². The Labute approximate surface area is 335 Å². The number of carboxylic acid groups (broad SMARTS) is 1. The van der Waals surface area contributed by atoms with Crippen molar-refractivity contribution in [3.05, 3.63) is 88.0 Å². The number of carboxylic acids is 1. The van der Waals surface area contributed by atoms with Gasteiger partial charge in [-0.1, -0.05) is 58.2 Å². The number of carbonyl (C=O) groups excluding carboxylic acids is 8. The highest BCUT2D eigenvalue weighted by Gasteiger charge is 2.33. The molecule has 15 heteroatoms. The maximum absolute atomic E-state index is 12.0. The molecule has 3 heterocycles. The zero-order valence-electron chi connectivity index (χ0n) is 33.0. The summed E-state index contributed by atoms with van der Waals surface area (Å²) in [5.41, 5.74) is 4.38. The molecule has 4 N–H and O–H groups in total. The average molecular weight is 798 g/mol. The molecule has 0 fully saturated rings. The van der Waals surface area contributed by atoms with Crippen LogP contribution in [-0.2, 0) is 38.2 Å². The van der Waals surface area contributed by atoms with Crippen LogP contribution in [0.3, 0.4) is 0 Å². The summed E-state index contributed by atoms with van der Waals surface area (Å²) < 4.78 is 10.1. The number of esters is 2. The minimum atomic E-state index is -0.915. The van der Waals surface area contributed by atoms with Crippen LogP contribution in [0.25, 0.3) is 0 Å². The van der Waals surface area contributed by atoms with Crippen LogP contribution in [-0.4, -0.2) is 71.3 Å². The number of nitrogens with one attached hydrogen (secondary N) is 3. The van der Waals surface area contributed by atoms with E-state index in [1.165, 1.54) is 6.07 Å². The fourth-order valence-electron chi connectivity index (χ4n) is 6.76. The molecule has 6 rings (SSSR count). The molecule has 0 saturated carbocycles. The van der Waals surface area contributed by atoms with Crippen molar-refractivity contribution in [2.24, 2.45) is 0 Å². The number of hydrogen-bond donors (Lipinski definition) is 4. The zero-order valence-corrected chi connectivity index (χ0v) is 33.0. The molecule has 3 aliphatic rings. The van der Waals surface area contributed by atoms with Crippen molar-refractivity contribution in [3.63, 3.8) is 0 Å². The van der Waals surface area contributed by atoms with E-state index in [-0.39, 0.29) is 17.5 Å². The molecule has 58 heavy (non-hydrogen) atoms. The average Bonchev–Trinajstić information content (AvgIpc) is 3.77. The molecule has 306 valence electrons. The van der Waals surface area contributed by atoms with E-state index in [1.807, 2.05) is 20.8 Å². The summed E-state index contributed by atoms with van der Waals surface area (Å²) in [5, 5.41) is 16.6. The van der Waals surface area contributed by atoms with E-state index in [4.69, 9.17) is 14.6 Å². The van der Waals surface area contributed by atoms with Crippen molar-refractivity contribution in [1.29, 1.82) is 0 Å². The lowest BCUT2D eigenvalue weighted by atomic mass is 9.92. The highest BCUT2D eigenvalue weighted by atomic mass is 16.5. The molecule has 3 aliphatic heterocycles. The van der Waals surface area contributed by atoms with E-state index >= 15 is 0 Å². The molecule has 0 saturated heterocycles. The van der Waals surface area contributed by atoms with Gasteiger partial charge in [0.25, 0.3) is 35.1 Å². The van der Waals surface area contributed by atoms with Gasteiger partial charge in [0.15, 0.2) is 0 Å². The Morgan fingerprint density at radius 1 is 0.500 bits per heavy atom. The lowest BCUT2D eigenvalue weighted by molar-refractivity contribution is -0.146. The fourth-order valence-corrected chi connectivity index (χ4v) is 6.76. The van der Waals surface area contributed by atoms with Gasteiger partial charge in [-0.15, -0.1) is 0 Å². The number of amides is 3. The Morgan fingerprint density at radius 2 is 0.793 bits per heavy atom. The zero-order chi connectivity index (χ0) is 42.7. The third kappa shape index (κ3) is 10.1. The number of fused-ring (bicyclic) bond motifs is 3. The third-order valence-corrected chi connectivity index (χ3v) is 9.61. The van der Waals surface area contributed by atoms with E-state index in [9.17, 15) is 43.2 Å². The van der Waals surface area contributed by atoms with Crippen molar-refractivity contribution in [3.8, 4) is 0 Å². The second-order valence-corrected chi connectivity index (χ2v) is 13.6. The topological polar surface area (TPSA) is 228 Å². The SMILES string of the molecule is CCCC(C(=O)O)c1ccc2c(c1)C(=O)C(=O)N2.CCCC(C(=O)OCC)c1ccc2c(c1)C(=O)C(=O)N2.CCCC(C(=O)OCC)c1ccc2c(c1)C(=O)C(=O)N2. The van der Waals surface area contributed by atoms with Crippen LogP contribution in [0.15, 0.2) is 54.6 Å². The van der Waals surface area contributed by atoms with Crippen LogP contribution < -0.4 is 16.0 Å². The quantitative estimate of drug-likeness (QED) is 0.104. The minimum absolute atomic E-state index is 0.264. The summed E-state index contributed by atoms with van der Waals surface area (Å²) in [6.45, 7) is 10.0. The van der Waals surface area contributed by atoms with E-state index < -0.39 is 58.8 Å². The van der Waals surface area contributed by atoms with Crippen LogP contribution in [0, 0.1) is 0 Å². The van der Waals surface area contributed by atoms with Gasteiger partial charge in [-0.25, -0.2) is 0 Å². The summed E-state index contributed by atoms with van der Waals surface area (Å²) in [6, 6.07) is 14.8. The molecule has 0 spiro atoms. The minimum Gasteiger partial charge on any atom is -0.481 e. The van der Waals surface area contributed by atoms with Crippen molar-refractivity contribution in [1.82, 2.24) is 0 Å². The number of Topliss-reactive ketones (excluding diaryl/α,β-unsaturated/α-hetero) is 3. The summed E-state index contributed by atoms with van der Waals surface area (Å²) in [5.74, 6) is -6.55. The summed E-state index contributed by atoms with van der Waals surface area (Å²) >= 11 is 0. The Morgan fingerprint density at radius 3 is 1.07 bits per heavy atom. The predicted octanol–water partition coefficient (Wildman–Crippen LogP) is 6.33. The molecule has 15 nitrogen and oxygen atoms in total. The summed E-state index contributed by atoms with van der Waals surface area (Å²) in [4.78, 5) is 104. The van der Waals surface area contributed by atoms with Crippen LogP contribution >= 0.6 is 0 Å². The number of aliphatic carboxylic acids is 1. The first-order valence-corrected chi connectivity index (χ1v) is 19.3. The number of carbonyl (C=O) groups is 9. The Balaban J connectivity index is 0.000000193. The van der Waals surface area contributed by atoms with E-state index in [2.05, 4.69) is 16.0 Å². The van der Waals surface area contributed by atoms with Gasteiger partial charge in [0.1, 0.15) is 0 Å². The maximum Gasteiger partial charge on any atom is 0.313 e. The van der Waals surface area contributed by atoms with Gasteiger partial charge in [0.2, 0.25) is 0 Å². The Kier molecular flexibility index (Phi) is 15.3. The van der Waals surface area contributed by atoms with E-state index in [1.54, 1.807) is 62.4 Å². The molecule has 0 radical (unpaired) electrons. The van der Waals surface area contributed by atoms with Crippen LogP contribution in [0.5, 0.6) is 0 Å². The number of anilines is 3. The lowest BCUT2D eigenvalue weighted by Gasteiger charge is -2.15. The molecular weight excluding hydrogens is 750 g/mol. The second kappa shape index (κ2) is 20.1. The number of ether oxygens (including phenoxy) is 2. The van der Waals surface area contributed by atoms with Crippen molar-refractivity contribution >= 4 is 70.0 Å². The fraction of sp³-hybridized carbons (Fsp3) is 0.372. The van der Waals surface area contributed by atoms with Crippen LogP contribution in [0.4, 0.5) is 17.1 Å². The summed E-state index contributed by atoms with van der Waals surface area (Å²) in [6.07, 6.45) is 4.18. The number of rotatable bonds is 14. The largest absolute Gasteiger partial charge is 0.481 e. The van der Waals surface area contributed by atoms with Gasteiger partial charge in [-0.05, 0) is 86.2 Å². The monoisotopic (exact) mass is 797 g/mol. The smallest absolute Gasteiger partial charge is 0.313 e. The number of benzene rings is 3. The predicted molar refractivity (Wildman–Crippen MR) is 212 cm³/mol. The Bertz CT molecular complexity index is 2040. The third-order valence-electron chi connectivity index (χ3n) is 9.61. The van der Waals surface area contributed by atoms with Crippen molar-refractivity contribution < 1.29 is 57.7 Å². The highest BCUT2D eigenvalue weighted by molar-refractivity contribution is 6.52. The van der Waals surface area contributed by atoms with Gasteiger partial charge in [-0.2, -0.15) is 0 Å². The van der Waals surface area contributed by atoms with E-state index in [0.29, 0.717) is 77.4 Å². The number of ketones is 3. The second-order valence-electron chi connectivity index (χ2n) is 13.6. The summed E-state index contributed by atoms with van der Waals surface area (Å²) in [7, 11) is 0. The molecule has 3 aromatic rings. The first-order valence-electron chi connectivity index (χ1n) is 19.3. The van der Waals surface area contributed by atoms with Gasteiger partial charge < -0.3 is 30.5 Å². The van der Waals surface area contributed by atoms with Gasteiger partial charge in [-0.3, -0.25) is 43.2 Å². The highest BCUT2D eigenvalue weighted by Crippen LogP contribution is 2.32. The first-order chi connectivity index (χ1) is 27.7. The molecule has 0 bridgehead atoms. The normalized spacial score (nSPS) is 14.8. The van der Waals surface area contributed by atoms with Crippen LogP contribution in [0.1, 0.15) is 139 Å². The lowest BCUT2D eigenvalue weighted by Crippen LogP contribution is -2.16. The maximum atomic E-state index is 12.0. The Hall–Kier alpha value is -6.51. The molecule has 0 aliphatic carbocycles. The van der Waals surface area contributed by atoms with Gasteiger partial charge in [0.05, 0.1) is 64.7 Å². The first kappa shape index (κ1) is 44.2. The molecular formula is C43H47N3O12. The standard InChI is InChI=1S/2C15H17NO4.C13H13NO4/c2*1-3-5-10(15(19)20-4-2)9-6-7-12-11(8-9)13(17)14(18)16-12;1-2-3-8(13(17)18)7-4-5-10-9(6-7)11(15)12(16)14-10/h2*6-8,10H,3-5H2,1-2H3,(H,16,17,18);4-6,8H,2-3H2,1H3,(H,17,18)(H,14,15,16). The molecule has 3 aromatic carbocycles. The van der Waals surface area contributed by atoms with Crippen molar-refractivity contribution in [2.75, 3.05) is 29.2 Å². The van der Waals surface area contributed by atoms with Crippen molar-refractivity contribution in [2.45, 2.75) is 90.9 Å². The van der Waals surface area contributed by atoms with Gasteiger partial charge >= 0.3 is 17.9 Å².